The molecule has 17 heavy (non-hydrogen) atoms. The van der Waals surface area contributed by atoms with Gasteiger partial charge in [0.1, 0.15) is 0 Å². The highest BCUT2D eigenvalue weighted by Crippen LogP contribution is 2.40. The second-order valence-electron chi connectivity index (χ2n) is 5.14. The van der Waals surface area contributed by atoms with E-state index < -0.39 is 0 Å². The summed E-state index contributed by atoms with van der Waals surface area (Å²) in [6.45, 7) is 6.54. The van der Waals surface area contributed by atoms with Crippen LogP contribution in [-0.2, 0) is 6.54 Å². The van der Waals surface area contributed by atoms with Crippen LogP contribution < -0.4 is 5.32 Å². The van der Waals surface area contributed by atoms with Crippen molar-refractivity contribution in [2.45, 2.75) is 58.4 Å². The zero-order valence-electron chi connectivity index (χ0n) is 11.0. The minimum atomic E-state index is 0.755. The maximum Gasteiger partial charge on any atom is 0.0959 e. The highest BCUT2D eigenvalue weighted by atomic mass is 32.1. The van der Waals surface area contributed by atoms with E-state index in [1.165, 1.54) is 42.8 Å². The van der Waals surface area contributed by atoms with Crippen LogP contribution in [0.1, 0.15) is 62.6 Å². The third kappa shape index (κ3) is 3.52. The van der Waals surface area contributed by atoms with Gasteiger partial charge in [0.05, 0.1) is 10.7 Å². The van der Waals surface area contributed by atoms with Crippen LogP contribution in [0.25, 0.3) is 0 Å². The third-order valence-corrected chi connectivity index (χ3v) is 4.83. The SMILES string of the molecule is CCCNCc1csc(C2CCC(CC)C2)n1. The molecule has 2 nitrogen and oxygen atoms in total. The molecule has 1 aliphatic carbocycles. The topological polar surface area (TPSA) is 24.9 Å². The number of nitrogens with zero attached hydrogens (tertiary/aromatic N) is 1. The summed E-state index contributed by atoms with van der Waals surface area (Å²) < 4.78 is 0. The van der Waals surface area contributed by atoms with Crippen LogP contribution in [-0.4, -0.2) is 11.5 Å². The van der Waals surface area contributed by atoms with Gasteiger partial charge in [0, 0.05) is 17.8 Å². The molecule has 1 aromatic rings. The smallest absolute Gasteiger partial charge is 0.0959 e. The Hall–Kier alpha value is -0.410. The molecule has 0 bridgehead atoms. The molecule has 0 saturated heterocycles. The quantitative estimate of drug-likeness (QED) is 0.776. The van der Waals surface area contributed by atoms with Gasteiger partial charge in [0.15, 0.2) is 0 Å². The summed E-state index contributed by atoms with van der Waals surface area (Å²) in [7, 11) is 0. The lowest BCUT2D eigenvalue weighted by Crippen LogP contribution is -2.14. The van der Waals surface area contributed by atoms with E-state index in [2.05, 4.69) is 24.5 Å². The first kappa shape index (κ1) is 13.0. The van der Waals surface area contributed by atoms with Gasteiger partial charge in [-0.15, -0.1) is 11.3 Å². The molecule has 2 unspecified atom stereocenters. The van der Waals surface area contributed by atoms with Gasteiger partial charge in [-0.2, -0.15) is 0 Å². The van der Waals surface area contributed by atoms with Crippen molar-refractivity contribution in [1.29, 1.82) is 0 Å². The summed E-state index contributed by atoms with van der Waals surface area (Å²) in [4.78, 5) is 4.79. The first-order chi connectivity index (χ1) is 8.33. The fraction of sp³-hybridized carbons (Fsp3) is 0.786. The van der Waals surface area contributed by atoms with Crippen molar-refractivity contribution >= 4 is 11.3 Å². The van der Waals surface area contributed by atoms with Gasteiger partial charge in [0.2, 0.25) is 0 Å². The van der Waals surface area contributed by atoms with Crippen molar-refractivity contribution in [3.63, 3.8) is 0 Å². The second-order valence-corrected chi connectivity index (χ2v) is 6.03. The summed E-state index contributed by atoms with van der Waals surface area (Å²) >= 11 is 1.87. The Morgan fingerprint density at radius 2 is 2.29 bits per heavy atom. The first-order valence-corrected chi connectivity index (χ1v) is 7.86. The number of thiazole rings is 1. The van der Waals surface area contributed by atoms with E-state index >= 15 is 0 Å². The maximum atomic E-state index is 4.79. The van der Waals surface area contributed by atoms with Crippen molar-refractivity contribution < 1.29 is 0 Å². The summed E-state index contributed by atoms with van der Waals surface area (Å²) in [6.07, 6.45) is 6.66. The molecule has 3 heteroatoms. The molecular weight excluding hydrogens is 228 g/mol. The number of nitrogens with one attached hydrogen (secondary N) is 1. The molecule has 1 aliphatic rings. The Balaban J connectivity index is 1.85. The van der Waals surface area contributed by atoms with Gasteiger partial charge in [-0.25, -0.2) is 4.98 Å². The zero-order valence-corrected chi connectivity index (χ0v) is 11.9. The Morgan fingerprint density at radius 3 is 3.00 bits per heavy atom. The molecule has 2 atom stereocenters. The average Bonchev–Trinajstić information content (AvgIpc) is 2.97. The van der Waals surface area contributed by atoms with Crippen LogP contribution in [0.2, 0.25) is 0 Å². The lowest BCUT2D eigenvalue weighted by molar-refractivity contribution is 0.520. The highest BCUT2D eigenvalue weighted by Gasteiger charge is 2.26. The van der Waals surface area contributed by atoms with Gasteiger partial charge in [-0.1, -0.05) is 20.3 Å². The van der Waals surface area contributed by atoms with Crippen molar-refractivity contribution in [3.05, 3.63) is 16.1 Å². The van der Waals surface area contributed by atoms with Gasteiger partial charge in [-0.05, 0) is 38.1 Å². The Morgan fingerprint density at radius 1 is 1.41 bits per heavy atom. The molecule has 0 radical (unpaired) electrons. The van der Waals surface area contributed by atoms with Gasteiger partial charge in [-0.3, -0.25) is 0 Å². The molecule has 0 aromatic carbocycles. The number of rotatable bonds is 6. The van der Waals surface area contributed by atoms with Crippen LogP contribution in [0.15, 0.2) is 5.38 Å². The highest BCUT2D eigenvalue weighted by molar-refractivity contribution is 7.09. The molecule has 1 aromatic heterocycles. The predicted octanol–water partition coefficient (Wildman–Crippen LogP) is 3.94. The molecule has 1 heterocycles. The molecule has 1 saturated carbocycles. The van der Waals surface area contributed by atoms with Crippen molar-refractivity contribution in [1.82, 2.24) is 10.3 Å². The molecule has 1 fully saturated rings. The van der Waals surface area contributed by atoms with Crippen LogP contribution in [0, 0.1) is 5.92 Å². The van der Waals surface area contributed by atoms with E-state index in [1.54, 1.807) is 0 Å². The number of aromatic nitrogens is 1. The van der Waals surface area contributed by atoms with E-state index in [9.17, 15) is 0 Å². The monoisotopic (exact) mass is 252 g/mol. The molecule has 0 spiro atoms. The standard InChI is InChI=1S/C14H24N2S/c1-3-7-15-9-13-10-17-14(16-13)12-6-5-11(4-2)8-12/h10-12,15H,3-9H2,1-2H3. The summed E-state index contributed by atoms with van der Waals surface area (Å²) in [6, 6.07) is 0. The van der Waals surface area contributed by atoms with Gasteiger partial charge >= 0.3 is 0 Å². The molecular formula is C14H24N2S. The Kier molecular flexibility index (Phi) is 4.99. The molecule has 2 rings (SSSR count). The normalized spacial score (nSPS) is 24.4. The van der Waals surface area contributed by atoms with E-state index in [4.69, 9.17) is 4.98 Å². The maximum absolute atomic E-state index is 4.79. The van der Waals surface area contributed by atoms with Crippen molar-refractivity contribution in [2.75, 3.05) is 6.54 Å². The molecule has 1 N–H and O–H groups in total. The average molecular weight is 252 g/mol. The Bertz CT molecular complexity index is 335. The first-order valence-electron chi connectivity index (χ1n) is 6.98. The van der Waals surface area contributed by atoms with E-state index in [1.807, 2.05) is 11.3 Å². The predicted molar refractivity (Wildman–Crippen MR) is 74.5 cm³/mol. The zero-order chi connectivity index (χ0) is 12.1. The summed E-state index contributed by atoms with van der Waals surface area (Å²) in [5.41, 5.74) is 1.23. The largest absolute Gasteiger partial charge is 0.311 e. The van der Waals surface area contributed by atoms with Gasteiger partial charge in [0.25, 0.3) is 0 Å². The van der Waals surface area contributed by atoms with E-state index in [0.29, 0.717) is 0 Å². The molecule has 0 amide bonds. The molecule has 96 valence electrons. The van der Waals surface area contributed by atoms with Crippen LogP contribution in [0.5, 0.6) is 0 Å². The third-order valence-electron chi connectivity index (χ3n) is 3.77. The fourth-order valence-electron chi connectivity index (χ4n) is 2.65. The number of hydrogen-bond acceptors (Lipinski definition) is 3. The van der Waals surface area contributed by atoms with Crippen molar-refractivity contribution in [2.24, 2.45) is 5.92 Å². The number of hydrogen-bond donors (Lipinski definition) is 1. The summed E-state index contributed by atoms with van der Waals surface area (Å²) in [5.74, 6) is 1.70. The second kappa shape index (κ2) is 6.50. The van der Waals surface area contributed by atoms with Gasteiger partial charge < -0.3 is 5.32 Å². The van der Waals surface area contributed by atoms with Crippen LogP contribution >= 0.6 is 11.3 Å². The fourth-order valence-corrected chi connectivity index (χ4v) is 3.62. The van der Waals surface area contributed by atoms with Crippen LogP contribution in [0.4, 0.5) is 0 Å². The lowest BCUT2D eigenvalue weighted by Gasteiger charge is -2.06. The molecule has 0 aliphatic heterocycles. The van der Waals surface area contributed by atoms with E-state index in [-0.39, 0.29) is 0 Å². The minimum Gasteiger partial charge on any atom is -0.311 e. The minimum absolute atomic E-state index is 0.755. The van der Waals surface area contributed by atoms with Crippen LogP contribution in [0.3, 0.4) is 0 Å². The lowest BCUT2D eigenvalue weighted by atomic mass is 10.0. The van der Waals surface area contributed by atoms with Crippen molar-refractivity contribution in [3.8, 4) is 0 Å². The van der Waals surface area contributed by atoms with E-state index in [0.717, 1.165) is 24.9 Å². The Labute approximate surface area is 109 Å². The summed E-state index contributed by atoms with van der Waals surface area (Å²) in [5, 5.41) is 7.04.